The van der Waals surface area contributed by atoms with Gasteiger partial charge in [-0.1, -0.05) is 146 Å². The van der Waals surface area contributed by atoms with Crippen molar-refractivity contribution in [1.29, 1.82) is 0 Å². The normalized spacial score (nSPS) is 13.8. The van der Waals surface area contributed by atoms with Crippen LogP contribution in [0.5, 0.6) is 0 Å². The average Bonchev–Trinajstić information content (AvgIpc) is 3.99. The summed E-state index contributed by atoms with van der Waals surface area (Å²) < 4.78 is 11.5. The van der Waals surface area contributed by atoms with Crippen LogP contribution in [-0.4, -0.2) is 9.13 Å². The Balaban J connectivity index is 1.04. The molecule has 1 N–H and O–H groups in total. The SMILES string of the molecule is c1ccc2c(c#1)=NC(n1c3ccccc3c3c4oc5ccccc5c4cc(-c4ccc(-c5ccc6c7ccccc7n(-c7ccccc7)c6c5)cc4)c31)NC=2c1ccccc1. The topological polar surface area (TPSA) is 47.4 Å². The molecule has 284 valence electrons. The lowest BCUT2D eigenvalue weighted by Crippen LogP contribution is -2.41. The van der Waals surface area contributed by atoms with Crippen LogP contribution in [0.3, 0.4) is 0 Å². The van der Waals surface area contributed by atoms with Gasteiger partial charge in [-0.05, 0) is 82.9 Å². The van der Waals surface area contributed by atoms with E-state index >= 15 is 0 Å². The summed E-state index contributed by atoms with van der Waals surface area (Å²) in [6.07, 6.45) is -0.486. The summed E-state index contributed by atoms with van der Waals surface area (Å²) in [6.45, 7) is 0. The van der Waals surface area contributed by atoms with Gasteiger partial charge in [0.1, 0.15) is 16.5 Å². The molecule has 0 bridgehead atoms. The lowest BCUT2D eigenvalue weighted by molar-refractivity contribution is 0.490. The molecule has 0 aliphatic carbocycles. The highest BCUT2D eigenvalue weighted by atomic mass is 16.3. The first-order chi connectivity index (χ1) is 30.3. The summed E-state index contributed by atoms with van der Waals surface area (Å²) in [6, 6.07) is 75.5. The number of para-hydroxylation sites is 4. The molecule has 0 amide bonds. The van der Waals surface area contributed by atoms with E-state index in [1.807, 2.05) is 18.2 Å². The second-order valence-corrected chi connectivity index (χ2v) is 15.8. The highest BCUT2D eigenvalue weighted by Crippen LogP contribution is 2.46. The van der Waals surface area contributed by atoms with Gasteiger partial charge in [0.2, 0.25) is 6.29 Å². The van der Waals surface area contributed by atoms with Gasteiger partial charge >= 0.3 is 0 Å². The minimum absolute atomic E-state index is 0.486. The summed E-state index contributed by atoms with van der Waals surface area (Å²) in [5.74, 6) is 0. The fourth-order valence-electron chi connectivity index (χ4n) is 9.70. The molecule has 3 aromatic heterocycles. The smallest absolute Gasteiger partial charge is 0.202 e. The molecule has 0 radical (unpaired) electrons. The Morgan fingerprint density at radius 1 is 0.525 bits per heavy atom. The predicted molar refractivity (Wildman–Crippen MR) is 248 cm³/mol. The Labute approximate surface area is 350 Å². The van der Waals surface area contributed by atoms with E-state index in [1.54, 1.807) is 0 Å². The Hall–Kier alpha value is -8.33. The largest absolute Gasteiger partial charge is 0.455 e. The average molecular weight is 779 g/mol. The van der Waals surface area contributed by atoms with Crippen LogP contribution in [0.15, 0.2) is 204 Å². The molecule has 1 unspecified atom stereocenters. The molecule has 5 nitrogen and oxygen atoms in total. The van der Waals surface area contributed by atoms with Crippen molar-refractivity contribution in [3.8, 4) is 27.9 Å². The van der Waals surface area contributed by atoms with Crippen LogP contribution in [0.4, 0.5) is 0 Å². The monoisotopic (exact) mass is 778 g/mol. The second-order valence-electron chi connectivity index (χ2n) is 15.8. The van der Waals surface area contributed by atoms with Crippen LogP contribution in [0, 0.1) is 12.1 Å². The molecule has 0 fully saturated rings. The Morgan fingerprint density at radius 3 is 2.03 bits per heavy atom. The highest BCUT2D eigenvalue weighted by molar-refractivity contribution is 6.27. The zero-order valence-electron chi connectivity index (χ0n) is 32.8. The maximum atomic E-state index is 6.80. The molecule has 0 saturated heterocycles. The molecule has 61 heavy (non-hydrogen) atoms. The van der Waals surface area contributed by atoms with E-state index < -0.39 is 6.29 Å². The van der Waals surface area contributed by atoms with Crippen LogP contribution < -0.4 is 15.9 Å². The molecule has 0 saturated carbocycles. The third-order valence-corrected chi connectivity index (χ3v) is 12.4. The maximum Gasteiger partial charge on any atom is 0.202 e. The molecule has 1 atom stereocenters. The lowest BCUT2D eigenvalue weighted by Gasteiger charge is -2.25. The first kappa shape index (κ1) is 33.6. The summed E-state index contributed by atoms with van der Waals surface area (Å²) in [7, 11) is 0. The van der Waals surface area contributed by atoms with Gasteiger partial charge in [0, 0.05) is 43.4 Å². The first-order valence-corrected chi connectivity index (χ1v) is 20.7. The summed E-state index contributed by atoms with van der Waals surface area (Å²) in [5.41, 5.74) is 14.0. The Bertz CT molecular complexity index is 3840. The number of aromatic nitrogens is 2. The molecule has 12 aromatic rings. The molecular formula is C56H34N4O. The van der Waals surface area contributed by atoms with Gasteiger partial charge in [0.05, 0.1) is 33.2 Å². The molecule has 13 rings (SSSR count). The predicted octanol–water partition coefficient (Wildman–Crippen LogP) is 12.3. The number of fused-ring (bicyclic) bond motifs is 11. The van der Waals surface area contributed by atoms with Gasteiger partial charge in [0.15, 0.2) is 0 Å². The standard InChI is InChI=1S/C56H34N4O/c1-3-15-37(16-4-1)53-43-21-7-11-23-47(43)57-56(58-53)60-49-25-13-9-22-44(49)52-54(60)45(34-46-42-20-10-14-26-51(42)61-55(46)52)36-29-27-35(28-30-36)38-31-32-41-40-19-8-12-24-48(40)59(50(41)33-38)39-17-5-2-6-18-39/h1-10,12-22,24-34,56,58H. The summed E-state index contributed by atoms with van der Waals surface area (Å²) in [5, 5.41) is 12.5. The Kier molecular flexibility index (Phi) is 7.22. The zero-order chi connectivity index (χ0) is 40.0. The van der Waals surface area contributed by atoms with Gasteiger partial charge in [0.25, 0.3) is 0 Å². The van der Waals surface area contributed by atoms with Gasteiger partial charge in [-0.3, -0.25) is 4.57 Å². The fraction of sp³-hybridized carbons (Fsp3) is 0.0179. The van der Waals surface area contributed by atoms with Crippen molar-refractivity contribution in [2.75, 3.05) is 0 Å². The minimum Gasteiger partial charge on any atom is -0.455 e. The maximum absolute atomic E-state index is 6.80. The lowest BCUT2D eigenvalue weighted by atomic mass is 9.96. The van der Waals surface area contributed by atoms with Crippen LogP contribution in [0.2, 0.25) is 0 Å². The zero-order valence-corrected chi connectivity index (χ0v) is 32.8. The van der Waals surface area contributed by atoms with E-state index in [0.29, 0.717) is 0 Å². The molecule has 5 heteroatoms. The van der Waals surface area contributed by atoms with E-state index in [0.717, 1.165) is 93.5 Å². The van der Waals surface area contributed by atoms with Crippen molar-refractivity contribution >= 4 is 71.2 Å². The van der Waals surface area contributed by atoms with Crippen molar-refractivity contribution in [2.45, 2.75) is 6.29 Å². The first-order valence-electron chi connectivity index (χ1n) is 20.7. The fourth-order valence-corrected chi connectivity index (χ4v) is 9.70. The molecule has 0 spiro atoms. The van der Waals surface area contributed by atoms with Gasteiger partial charge in [-0.2, -0.15) is 0 Å². The molecule has 9 aromatic carbocycles. The van der Waals surface area contributed by atoms with Crippen molar-refractivity contribution in [1.82, 2.24) is 14.5 Å². The summed E-state index contributed by atoms with van der Waals surface area (Å²) >= 11 is 0. The Morgan fingerprint density at radius 2 is 1.20 bits per heavy atom. The number of nitrogens with one attached hydrogen (secondary N) is 1. The van der Waals surface area contributed by atoms with Crippen molar-refractivity contribution in [3.05, 3.63) is 222 Å². The third-order valence-electron chi connectivity index (χ3n) is 12.4. The van der Waals surface area contributed by atoms with E-state index in [1.165, 1.54) is 21.8 Å². The number of hydrogen-bond acceptors (Lipinski definition) is 3. The quantitative estimate of drug-likeness (QED) is 0.189. The van der Waals surface area contributed by atoms with Crippen LogP contribution in [0.1, 0.15) is 11.9 Å². The molecule has 4 heterocycles. The van der Waals surface area contributed by atoms with E-state index in [-0.39, 0.29) is 0 Å². The van der Waals surface area contributed by atoms with Gasteiger partial charge in [-0.15, -0.1) is 0 Å². The number of nitrogens with zero attached hydrogens (tertiary/aromatic N) is 3. The van der Waals surface area contributed by atoms with Crippen molar-refractivity contribution in [3.63, 3.8) is 0 Å². The second kappa shape index (κ2) is 13.1. The number of hydrogen-bond donors (Lipinski definition) is 1. The molecule has 1 aliphatic rings. The van der Waals surface area contributed by atoms with Crippen LogP contribution in [0.25, 0.3) is 99.2 Å². The summed E-state index contributed by atoms with van der Waals surface area (Å²) in [4.78, 5) is 5.36. The van der Waals surface area contributed by atoms with Gasteiger partial charge < -0.3 is 14.3 Å². The van der Waals surface area contributed by atoms with E-state index in [2.05, 4.69) is 203 Å². The number of benzene rings is 8. The number of furan rings is 1. The van der Waals surface area contributed by atoms with E-state index in [9.17, 15) is 0 Å². The molecular weight excluding hydrogens is 745 g/mol. The molecule has 1 aliphatic heterocycles. The van der Waals surface area contributed by atoms with Crippen LogP contribution in [-0.2, 0) is 0 Å². The third kappa shape index (κ3) is 5.06. The highest BCUT2D eigenvalue weighted by Gasteiger charge is 2.27. The minimum atomic E-state index is -0.486. The van der Waals surface area contributed by atoms with E-state index in [4.69, 9.17) is 9.41 Å². The van der Waals surface area contributed by atoms with Crippen molar-refractivity contribution < 1.29 is 4.42 Å². The number of rotatable bonds is 5. The van der Waals surface area contributed by atoms with Gasteiger partial charge in [-0.25, -0.2) is 4.99 Å². The van der Waals surface area contributed by atoms with Crippen molar-refractivity contribution in [2.24, 2.45) is 4.99 Å². The van der Waals surface area contributed by atoms with Crippen LogP contribution >= 0.6 is 0 Å².